The molecule has 0 bridgehead atoms. The molecule has 7 nitrogen and oxygen atoms in total. The molecule has 28 heavy (non-hydrogen) atoms. The lowest BCUT2D eigenvalue weighted by Crippen LogP contribution is -2.12. The van der Waals surface area contributed by atoms with E-state index in [4.69, 9.17) is 4.74 Å². The molecule has 0 radical (unpaired) electrons. The van der Waals surface area contributed by atoms with Gasteiger partial charge in [0.25, 0.3) is 5.91 Å². The summed E-state index contributed by atoms with van der Waals surface area (Å²) in [5, 5.41) is 5.62. The fourth-order valence-corrected chi connectivity index (χ4v) is 2.61. The summed E-state index contributed by atoms with van der Waals surface area (Å²) in [6.07, 6.45) is 3.76. The minimum absolute atomic E-state index is 0.0194. The fraction of sp³-hybridized carbons (Fsp3) is 0.190. The van der Waals surface area contributed by atoms with Gasteiger partial charge in [-0.25, -0.2) is 4.98 Å². The summed E-state index contributed by atoms with van der Waals surface area (Å²) in [5.41, 5.74) is 2.77. The Hall–Kier alpha value is -3.61. The molecule has 0 saturated heterocycles. The molecule has 0 saturated carbocycles. The molecular weight excluding hydrogens is 356 g/mol. The van der Waals surface area contributed by atoms with Crippen molar-refractivity contribution in [2.24, 2.45) is 0 Å². The van der Waals surface area contributed by atoms with E-state index >= 15 is 0 Å². The number of benzene rings is 2. The maximum Gasteiger partial charge on any atom is 0.275 e. The molecule has 1 heterocycles. The van der Waals surface area contributed by atoms with Crippen molar-refractivity contribution < 1.29 is 14.3 Å². The highest BCUT2D eigenvalue weighted by Crippen LogP contribution is 2.17. The molecule has 2 amide bonds. The van der Waals surface area contributed by atoms with Crippen molar-refractivity contribution in [3.05, 3.63) is 72.3 Å². The van der Waals surface area contributed by atoms with Gasteiger partial charge in [-0.2, -0.15) is 0 Å². The monoisotopic (exact) mass is 378 g/mol. The van der Waals surface area contributed by atoms with Gasteiger partial charge in [-0.1, -0.05) is 25.1 Å². The second-order valence-electron chi connectivity index (χ2n) is 6.22. The number of ether oxygens (including phenoxy) is 1. The summed E-state index contributed by atoms with van der Waals surface area (Å²) in [5.74, 6) is 0.362. The first kappa shape index (κ1) is 19.2. The second kappa shape index (κ2) is 8.85. The number of aromatic nitrogens is 2. The highest BCUT2D eigenvalue weighted by Gasteiger charge is 2.10. The first-order valence-electron chi connectivity index (χ1n) is 8.93. The number of amides is 2. The van der Waals surface area contributed by atoms with E-state index in [0.717, 1.165) is 11.3 Å². The molecule has 0 aliphatic rings. The summed E-state index contributed by atoms with van der Waals surface area (Å²) < 4.78 is 6.99. The van der Waals surface area contributed by atoms with Crippen molar-refractivity contribution in [2.75, 3.05) is 17.7 Å². The SMILES string of the molecule is CCC(=O)Nc1ccc(Cn2cnc(C(=O)Nc3cccc(OC)c3)c2)cc1. The topological polar surface area (TPSA) is 85.2 Å². The Labute approximate surface area is 163 Å². The average molecular weight is 378 g/mol. The highest BCUT2D eigenvalue weighted by molar-refractivity contribution is 6.02. The molecule has 1 aromatic heterocycles. The fourth-order valence-electron chi connectivity index (χ4n) is 2.61. The van der Waals surface area contributed by atoms with Crippen LogP contribution in [0.5, 0.6) is 5.75 Å². The quantitative estimate of drug-likeness (QED) is 0.658. The number of carbonyl (C=O) groups excluding carboxylic acids is 2. The van der Waals surface area contributed by atoms with Crippen LogP contribution in [-0.2, 0) is 11.3 Å². The van der Waals surface area contributed by atoms with Crippen LogP contribution in [0.15, 0.2) is 61.1 Å². The highest BCUT2D eigenvalue weighted by atomic mass is 16.5. The molecular formula is C21H22N4O3. The van der Waals surface area contributed by atoms with Gasteiger partial charge in [-0.3, -0.25) is 9.59 Å². The minimum Gasteiger partial charge on any atom is -0.497 e. The van der Waals surface area contributed by atoms with Gasteiger partial charge in [0, 0.05) is 36.6 Å². The zero-order chi connectivity index (χ0) is 19.9. The van der Waals surface area contributed by atoms with Crippen LogP contribution in [0, 0.1) is 0 Å². The van der Waals surface area contributed by atoms with Crippen LogP contribution in [0.25, 0.3) is 0 Å². The predicted molar refractivity (Wildman–Crippen MR) is 108 cm³/mol. The Bertz CT molecular complexity index is 964. The van der Waals surface area contributed by atoms with Crippen molar-refractivity contribution >= 4 is 23.2 Å². The third kappa shape index (κ3) is 4.97. The number of nitrogens with one attached hydrogen (secondary N) is 2. The van der Waals surface area contributed by atoms with E-state index in [9.17, 15) is 9.59 Å². The van der Waals surface area contributed by atoms with Crippen LogP contribution < -0.4 is 15.4 Å². The van der Waals surface area contributed by atoms with E-state index in [1.165, 1.54) is 0 Å². The van der Waals surface area contributed by atoms with E-state index in [1.807, 2.05) is 41.8 Å². The Morgan fingerprint density at radius 1 is 1.07 bits per heavy atom. The maximum absolute atomic E-state index is 12.4. The third-order valence-corrected chi connectivity index (χ3v) is 4.12. The van der Waals surface area contributed by atoms with Crippen LogP contribution in [0.3, 0.4) is 0 Å². The van der Waals surface area contributed by atoms with Crippen LogP contribution in [0.1, 0.15) is 29.4 Å². The second-order valence-corrected chi connectivity index (χ2v) is 6.22. The first-order chi connectivity index (χ1) is 13.6. The molecule has 0 aliphatic heterocycles. The zero-order valence-corrected chi connectivity index (χ0v) is 15.8. The lowest BCUT2D eigenvalue weighted by atomic mass is 10.2. The summed E-state index contributed by atoms with van der Waals surface area (Å²) >= 11 is 0. The van der Waals surface area contributed by atoms with Crippen LogP contribution >= 0.6 is 0 Å². The summed E-state index contributed by atoms with van der Waals surface area (Å²) in [6, 6.07) is 14.7. The molecule has 3 aromatic rings. The Morgan fingerprint density at radius 3 is 2.57 bits per heavy atom. The van der Waals surface area contributed by atoms with Gasteiger partial charge < -0.3 is 19.9 Å². The number of hydrogen-bond acceptors (Lipinski definition) is 4. The van der Waals surface area contributed by atoms with Crippen molar-refractivity contribution in [1.82, 2.24) is 9.55 Å². The van der Waals surface area contributed by atoms with E-state index in [2.05, 4.69) is 15.6 Å². The molecule has 0 atom stereocenters. The molecule has 0 aliphatic carbocycles. The smallest absolute Gasteiger partial charge is 0.275 e. The molecule has 2 N–H and O–H groups in total. The molecule has 3 rings (SSSR count). The van der Waals surface area contributed by atoms with Gasteiger partial charge in [0.1, 0.15) is 11.4 Å². The summed E-state index contributed by atoms with van der Waals surface area (Å²) in [6.45, 7) is 2.38. The maximum atomic E-state index is 12.4. The molecule has 0 spiro atoms. The first-order valence-corrected chi connectivity index (χ1v) is 8.93. The van der Waals surface area contributed by atoms with Gasteiger partial charge >= 0.3 is 0 Å². The summed E-state index contributed by atoms with van der Waals surface area (Å²) in [4.78, 5) is 28.0. The lowest BCUT2D eigenvalue weighted by molar-refractivity contribution is -0.115. The Kier molecular flexibility index (Phi) is 6.06. The third-order valence-electron chi connectivity index (χ3n) is 4.12. The molecule has 0 unspecified atom stereocenters. The standard InChI is InChI=1S/C21H22N4O3/c1-3-20(26)23-16-9-7-15(8-10-16)12-25-13-19(22-14-25)21(27)24-17-5-4-6-18(11-17)28-2/h4-11,13-14H,3,12H2,1-2H3,(H,23,26)(H,24,27). The van der Waals surface area contributed by atoms with E-state index < -0.39 is 0 Å². The van der Waals surface area contributed by atoms with Crippen molar-refractivity contribution in [1.29, 1.82) is 0 Å². The molecule has 0 fully saturated rings. The van der Waals surface area contributed by atoms with E-state index in [0.29, 0.717) is 30.1 Å². The number of nitrogens with zero attached hydrogens (tertiary/aromatic N) is 2. The molecule has 2 aromatic carbocycles. The molecule has 144 valence electrons. The normalized spacial score (nSPS) is 10.4. The Morgan fingerprint density at radius 2 is 1.86 bits per heavy atom. The number of anilines is 2. The van der Waals surface area contributed by atoms with Crippen molar-refractivity contribution in [3.63, 3.8) is 0 Å². The number of rotatable bonds is 7. The average Bonchev–Trinajstić information content (AvgIpc) is 3.18. The van der Waals surface area contributed by atoms with Crippen LogP contribution in [0.2, 0.25) is 0 Å². The van der Waals surface area contributed by atoms with E-state index in [-0.39, 0.29) is 11.8 Å². The minimum atomic E-state index is -0.287. The van der Waals surface area contributed by atoms with Gasteiger partial charge in [-0.15, -0.1) is 0 Å². The van der Waals surface area contributed by atoms with Gasteiger partial charge in [0.2, 0.25) is 5.91 Å². The number of carbonyl (C=O) groups is 2. The van der Waals surface area contributed by atoms with Crippen molar-refractivity contribution in [3.8, 4) is 5.75 Å². The van der Waals surface area contributed by atoms with E-state index in [1.54, 1.807) is 37.8 Å². The zero-order valence-electron chi connectivity index (χ0n) is 15.8. The van der Waals surface area contributed by atoms with Crippen molar-refractivity contribution in [2.45, 2.75) is 19.9 Å². The van der Waals surface area contributed by atoms with Gasteiger partial charge in [-0.05, 0) is 29.8 Å². The largest absolute Gasteiger partial charge is 0.497 e. The lowest BCUT2D eigenvalue weighted by Gasteiger charge is -2.06. The van der Waals surface area contributed by atoms with Gasteiger partial charge in [0.15, 0.2) is 0 Å². The molecule has 7 heteroatoms. The Balaban J connectivity index is 1.61. The number of hydrogen-bond donors (Lipinski definition) is 2. The summed E-state index contributed by atoms with van der Waals surface area (Å²) in [7, 11) is 1.58. The number of methoxy groups -OCH3 is 1. The van der Waals surface area contributed by atoms with Crippen LogP contribution in [0.4, 0.5) is 11.4 Å². The predicted octanol–water partition coefficient (Wildman–Crippen LogP) is 3.54. The van der Waals surface area contributed by atoms with Crippen LogP contribution in [-0.4, -0.2) is 28.5 Å². The van der Waals surface area contributed by atoms with Gasteiger partial charge in [0.05, 0.1) is 13.4 Å². The number of imidazole rings is 1.